The molecule has 0 atom stereocenters. The van der Waals surface area contributed by atoms with E-state index in [1.807, 2.05) is 36.4 Å². The molecule has 7 heteroatoms. The highest BCUT2D eigenvalue weighted by Crippen LogP contribution is 2.27. The van der Waals surface area contributed by atoms with E-state index in [9.17, 15) is 4.39 Å². The molecule has 0 radical (unpaired) electrons. The summed E-state index contributed by atoms with van der Waals surface area (Å²) in [5.74, 6) is 1.69. The lowest BCUT2D eigenvalue weighted by atomic mass is 10.1. The molecule has 4 aromatic rings. The van der Waals surface area contributed by atoms with Crippen molar-refractivity contribution in [2.45, 2.75) is 0 Å². The van der Waals surface area contributed by atoms with Crippen molar-refractivity contribution >= 4 is 22.9 Å². The average molecular weight is 402 g/mol. The normalized spacial score (nSPS) is 11.0. The van der Waals surface area contributed by atoms with E-state index in [0.29, 0.717) is 28.4 Å². The van der Waals surface area contributed by atoms with Gasteiger partial charge in [-0.25, -0.2) is 14.4 Å². The zero-order valence-electron chi connectivity index (χ0n) is 16.5. The number of hydrogen-bond acceptors (Lipinski definition) is 6. The fourth-order valence-corrected chi connectivity index (χ4v) is 3.01. The van der Waals surface area contributed by atoms with Crippen LogP contribution in [0, 0.1) is 5.82 Å². The first kappa shape index (κ1) is 19.3. The van der Waals surface area contributed by atoms with Crippen LogP contribution < -0.4 is 14.9 Å². The summed E-state index contributed by atoms with van der Waals surface area (Å²) in [6, 6.07) is 19.3. The van der Waals surface area contributed by atoms with Gasteiger partial charge in [0.05, 0.1) is 31.5 Å². The van der Waals surface area contributed by atoms with Gasteiger partial charge in [-0.15, -0.1) is 0 Å². The Morgan fingerprint density at radius 3 is 2.53 bits per heavy atom. The molecule has 0 saturated heterocycles. The summed E-state index contributed by atoms with van der Waals surface area (Å²) in [5, 5.41) is 5.08. The summed E-state index contributed by atoms with van der Waals surface area (Å²) in [7, 11) is 3.18. The monoisotopic (exact) mass is 402 g/mol. The highest BCUT2D eigenvalue weighted by atomic mass is 19.1. The van der Waals surface area contributed by atoms with Crippen molar-refractivity contribution in [2.24, 2.45) is 5.10 Å². The van der Waals surface area contributed by atoms with Crippen LogP contribution >= 0.6 is 0 Å². The minimum atomic E-state index is -0.384. The molecule has 3 aromatic carbocycles. The number of hydrogen-bond donors (Lipinski definition) is 1. The van der Waals surface area contributed by atoms with Crippen LogP contribution in [-0.4, -0.2) is 30.4 Å². The number of fused-ring (bicyclic) bond motifs is 1. The Bertz CT molecular complexity index is 1230. The Balaban J connectivity index is 1.70. The Morgan fingerprint density at radius 2 is 1.73 bits per heavy atom. The number of aromatic nitrogens is 2. The molecule has 0 saturated carbocycles. The summed E-state index contributed by atoms with van der Waals surface area (Å²) in [5.41, 5.74) is 4.73. The number of rotatable bonds is 6. The topological polar surface area (TPSA) is 68.6 Å². The lowest BCUT2D eigenvalue weighted by molar-refractivity contribution is 0.394. The molecule has 150 valence electrons. The minimum absolute atomic E-state index is 0.284. The highest BCUT2D eigenvalue weighted by Gasteiger charge is 2.12. The van der Waals surface area contributed by atoms with Gasteiger partial charge in [0, 0.05) is 17.0 Å². The fourth-order valence-electron chi connectivity index (χ4n) is 3.01. The maximum atomic E-state index is 14.3. The van der Waals surface area contributed by atoms with Gasteiger partial charge in [-0.1, -0.05) is 24.3 Å². The van der Waals surface area contributed by atoms with Crippen molar-refractivity contribution in [1.29, 1.82) is 0 Å². The van der Waals surface area contributed by atoms with Gasteiger partial charge in [0.1, 0.15) is 17.3 Å². The predicted molar refractivity (Wildman–Crippen MR) is 116 cm³/mol. The number of anilines is 1. The van der Waals surface area contributed by atoms with Crippen molar-refractivity contribution in [1.82, 2.24) is 9.97 Å². The third-order valence-corrected chi connectivity index (χ3v) is 4.53. The van der Waals surface area contributed by atoms with E-state index in [2.05, 4.69) is 20.5 Å². The quantitative estimate of drug-likeness (QED) is 0.367. The number of halogens is 1. The van der Waals surface area contributed by atoms with E-state index in [1.54, 1.807) is 44.7 Å². The van der Waals surface area contributed by atoms with Gasteiger partial charge in [0.15, 0.2) is 11.6 Å². The Hall–Kier alpha value is -4.00. The number of hydrazone groups is 1. The zero-order valence-corrected chi connectivity index (χ0v) is 16.5. The average Bonchev–Trinajstić information content (AvgIpc) is 2.79. The molecule has 1 heterocycles. The molecule has 30 heavy (non-hydrogen) atoms. The molecule has 0 aliphatic heterocycles. The number of para-hydroxylation sites is 1. The van der Waals surface area contributed by atoms with E-state index in [-0.39, 0.29) is 11.6 Å². The van der Waals surface area contributed by atoms with Crippen LogP contribution in [0.25, 0.3) is 22.3 Å². The highest BCUT2D eigenvalue weighted by molar-refractivity contribution is 5.91. The maximum absolute atomic E-state index is 14.3. The van der Waals surface area contributed by atoms with Gasteiger partial charge < -0.3 is 9.47 Å². The lowest BCUT2D eigenvalue weighted by Crippen LogP contribution is -2.00. The van der Waals surface area contributed by atoms with E-state index >= 15 is 0 Å². The van der Waals surface area contributed by atoms with Crippen LogP contribution in [0.4, 0.5) is 10.2 Å². The third-order valence-electron chi connectivity index (χ3n) is 4.53. The number of nitrogens with one attached hydrogen (secondary N) is 1. The second kappa shape index (κ2) is 8.57. The lowest BCUT2D eigenvalue weighted by Gasteiger charge is -2.09. The number of methoxy groups -OCH3 is 2. The molecule has 0 aliphatic rings. The Morgan fingerprint density at radius 1 is 0.933 bits per heavy atom. The van der Waals surface area contributed by atoms with E-state index < -0.39 is 0 Å². The second-order valence-corrected chi connectivity index (χ2v) is 6.37. The van der Waals surface area contributed by atoms with Gasteiger partial charge in [-0.3, -0.25) is 5.43 Å². The number of benzene rings is 3. The van der Waals surface area contributed by atoms with Gasteiger partial charge in [0.25, 0.3) is 0 Å². The van der Waals surface area contributed by atoms with Gasteiger partial charge in [-0.05, 0) is 36.4 Å². The molecule has 0 aliphatic carbocycles. The fraction of sp³-hybridized carbons (Fsp3) is 0.0870. The molecular formula is C23H19FN4O2. The second-order valence-electron chi connectivity index (χ2n) is 6.37. The first-order valence-corrected chi connectivity index (χ1v) is 9.22. The van der Waals surface area contributed by atoms with Crippen molar-refractivity contribution in [3.8, 4) is 22.9 Å². The molecule has 0 fully saturated rings. The van der Waals surface area contributed by atoms with E-state index in [1.165, 1.54) is 6.07 Å². The number of ether oxygens (including phenoxy) is 2. The van der Waals surface area contributed by atoms with Crippen molar-refractivity contribution in [2.75, 3.05) is 19.6 Å². The maximum Gasteiger partial charge on any atom is 0.165 e. The summed E-state index contributed by atoms with van der Waals surface area (Å²) < 4.78 is 24.9. The van der Waals surface area contributed by atoms with Crippen LogP contribution in [0.1, 0.15) is 5.56 Å². The van der Waals surface area contributed by atoms with Crippen molar-refractivity contribution in [3.63, 3.8) is 0 Å². The Labute approximate surface area is 173 Å². The smallest absolute Gasteiger partial charge is 0.165 e. The van der Waals surface area contributed by atoms with Gasteiger partial charge >= 0.3 is 0 Å². The Kier molecular flexibility index (Phi) is 5.52. The molecule has 1 N–H and O–H groups in total. The first-order chi connectivity index (χ1) is 14.7. The van der Waals surface area contributed by atoms with Crippen LogP contribution in [0.2, 0.25) is 0 Å². The first-order valence-electron chi connectivity index (χ1n) is 9.22. The van der Waals surface area contributed by atoms with Crippen molar-refractivity contribution < 1.29 is 13.9 Å². The molecule has 1 aromatic heterocycles. The summed E-state index contributed by atoms with van der Waals surface area (Å²) >= 11 is 0. The molecule has 4 rings (SSSR count). The SMILES string of the molecule is COc1ccc(/C=N/Nc2nc(-c3ccccc3F)nc3ccccc23)c(OC)c1. The predicted octanol–water partition coefficient (Wildman–Crippen LogP) is 4.90. The van der Waals surface area contributed by atoms with Crippen LogP contribution in [0.3, 0.4) is 0 Å². The van der Waals surface area contributed by atoms with Gasteiger partial charge in [-0.2, -0.15) is 5.10 Å². The summed E-state index contributed by atoms with van der Waals surface area (Å²) in [4.78, 5) is 9.01. The summed E-state index contributed by atoms with van der Waals surface area (Å²) in [6.07, 6.45) is 1.62. The summed E-state index contributed by atoms with van der Waals surface area (Å²) in [6.45, 7) is 0. The molecule has 0 unspecified atom stereocenters. The molecule has 6 nitrogen and oxygen atoms in total. The molecule has 0 amide bonds. The van der Waals surface area contributed by atoms with Crippen LogP contribution in [-0.2, 0) is 0 Å². The molecular weight excluding hydrogens is 383 g/mol. The van der Waals surface area contributed by atoms with Crippen molar-refractivity contribution in [3.05, 3.63) is 78.1 Å². The molecule has 0 bridgehead atoms. The van der Waals surface area contributed by atoms with Gasteiger partial charge in [0.2, 0.25) is 0 Å². The third kappa shape index (κ3) is 3.91. The van der Waals surface area contributed by atoms with Crippen LogP contribution in [0.15, 0.2) is 71.8 Å². The molecule has 0 spiro atoms. The van der Waals surface area contributed by atoms with Crippen LogP contribution in [0.5, 0.6) is 11.5 Å². The minimum Gasteiger partial charge on any atom is -0.497 e. The zero-order chi connectivity index (χ0) is 20.9. The largest absolute Gasteiger partial charge is 0.497 e. The van der Waals surface area contributed by atoms with E-state index in [4.69, 9.17) is 9.47 Å². The standard InChI is InChI=1S/C23H19FN4O2/c1-29-16-12-11-15(21(13-16)30-2)14-25-28-23-18-8-4-6-10-20(18)26-22(27-23)17-7-3-5-9-19(17)24/h3-14H,1-2H3,(H,26,27,28)/b25-14+. The van der Waals surface area contributed by atoms with E-state index in [0.717, 1.165) is 10.9 Å². The number of nitrogens with zero attached hydrogens (tertiary/aromatic N) is 3.